The molecule has 1 saturated carbocycles. The van der Waals surface area contributed by atoms with Crippen molar-refractivity contribution in [2.24, 2.45) is 5.92 Å². The Morgan fingerprint density at radius 1 is 1.19 bits per heavy atom. The number of alkyl halides is 3. The molecule has 3 N–H and O–H groups in total. The number of rotatable bonds is 7. The monoisotopic (exact) mass is 516 g/mol. The summed E-state index contributed by atoms with van der Waals surface area (Å²) < 4.78 is 54.9. The van der Waals surface area contributed by atoms with Gasteiger partial charge in [-0.25, -0.2) is 29.1 Å². The predicted molar refractivity (Wildman–Crippen MR) is 123 cm³/mol. The van der Waals surface area contributed by atoms with Crippen molar-refractivity contribution in [2.45, 2.75) is 38.5 Å². The molecule has 0 radical (unpaired) electrons. The van der Waals surface area contributed by atoms with Crippen molar-refractivity contribution in [1.82, 2.24) is 24.5 Å². The van der Waals surface area contributed by atoms with E-state index in [9.17, 15) is 32.6 Å². The van der Waals surface area contributed by atoms with Crippen LogP contribution in [0.25, 0.3) is 22.6 Å². The normalized spacial score (nSPS) is 14.6. The molecule has 0 spiro atoms. The molecule has 9 nitrogen and oxygen atoms in total. The summed E-state index contributed by atoms with van der Waals surface area (Å²) in [6.07, 6.45) is -1.32. The topological polar surface area (TPSA) is 126 Å². The lowest BCUT2D eigenvalue weighted by Crippen LogP contribution is -2.20. The number of aromatic nitrogens is 5. The molecule has 1 aliphatic rings. The lowest BCUT2D eigenvalue weighted by atomic mass is 10.1. The molecule has 0 aliphatic heterocycles. The third-order valence-corrected chi connectivity index (χ3v) is 6.19. The Morgan fingerprint density at radius 2 is 1.89 bits per heavy atom. The van der Waals surface area contributed by atoms with Gasteiger partial charge < -0.3 is 20.1 Å². The van der Waals surface area contributed by atoms with Crippen LogP contribution in [0.2, 0.25) is 0 Å². The number of nitrogens with zero attached hydrogens (tertiary/aromatic N) is 5. The van der Waals surface area contributed by atoms with E-state index >= 15 is 0 Å². The van der Waals surface area contributed by atoms with Gasteiger partial charge in [0, 0.05) is 24.3 Å². The van der Waals surface area contributed by atoms with Crippen molar-refractivity contribution in [3.05, 3.63) is 59.3 Å². The molecule has 3 aromatic heterocycles. The smallest absolute Gasteiger partial charge is 0.416 e. The molecule has 192 valence electrons. The van der Waals surface area contributed by atoms with E-state index in [1.165, 1.54) is 18.3 Å². The molecule has 1 fully saturated rings. The van der Waals surface area contributed by atoms with E-state index < -0.39 is 35.2 Å². The minimum atomic E-state index is -4.50. The molecule has 4 aromatic rings. The summed E-state index contributed by atoms with van der Waals surface area (Å²) in [4.78, 5) is 28.0. The van der Waals surface area contributed by atoms with Crippen LogP contribution in [-0.4, -0.2) is 46.7 Å². The Labute approximate surface area is 206 Å². The van der Waals surface area contributed by atoms with Gasteiger partial charge in [-0.15, -0.1) is 0 Å². The predicted octanol–water partition coefficient (Wildman–Crippen LogP) is 4.71. The van der Waals surface area contributed by atoms with Crippen LogP contribution < -0.4 is 5.32 Å². The fourth-order valence-electron chi connectivity index (χ4n) is 4.07. The van der Waals surface area contributed by atoms with E-state index in [2.05, 4.69) is 25.3 Å². The maximum Gasteiger partial charge on any atom is 0.416 e. The highest BCUT2D eigenvalue weighted by molar-refractivity contribution is 5.92. The minimum Gasteiger partial charge on any atom is -0.491 e. The zero-order chi connectivity index (χ0) is 26.5. The molecule has 37 heavy (non-hydrogen) atoms. The van der Waals surface area contributed by atoms with Crippen molar-refractivity contribution >= 4 is 23.0 Å². The lowest BCUT2D eigenvalue weighted by molar-refractivity contribution is -0.137. The number of carboxylic acid groups (broad SMARTS) is 1. The molecular weight excluding hydrogens is 496 g/mol. The Morgan fingerprint density at radius 3 is 2.49 bits per heavy atom. The largest absolute Gasteiger partial charge is 0.491 e. The van der Waals surface area contributed by atoms with Gasteiger partial charge in [-0.3, -0.25) is 0 Å². The average molecular weight is 516 g/mol. The van der Waals surface area contributed by atoms with Gasteiger partial charge in [0.2, 0.25) is 11.7 Å². The molecule has 0 bridgehead atoms. The number of fused-ring (bicyclic) bond motifs is 1. The average Bonchev–Trinajstić information content (AvgIpc) is 3.63. The second-order valence-corrected chi connectivity index (χ2v) is 8.89. The second kappa shape index (κ2) is 8.98. The second-order valence-electron chi connectivity index (χ2n) is 8.89. The number of benzene rings is 1. The standard InChI is InChI=1S/C24H20F4N6O3/c1-11(13-4-5-13)30-18-17-19(32-20(31-18)23(36)37)33-21(14-8-16(25)22(35)29-9-14)34(17)10-12-2-6-15(7-3-12)24(26,27)28/h2-3,6-9,11,13H,4-5,10H2,1H3,(H,29,35)(H,36,37)(H,30,31,32)/t11-/m1/s1. The highest BCUT2D eigenvalue weighted by Crippen LogP contribution is 2.36. The number of carbonyl (C=O) groups is 1. The first kappa shape index (κ1) is 24.4. The van der Waals surface area contributed by atoms with Gasteiger partial charge in [0.15, 0.2) is 17.3 Å². The van der Waals surface area contributed by atoms with Crippen molar-refractivity contribution in [2.75, 3.05) is 5.32 Å². The number of halogens is 4. The number of carboxylic acids is 1. The number of nitrogens with one attached hydrogen (secondary N) is 1. The van der Waals surface area contributed by atoms with Crippen LogP contribution in [-0.2, 0) is 12.7 Å². The third-order valence-electron chi connectivity index (χ3n) is 6.19. The van der Waals surface area contributed by atoms with Crippen LogP contribution in [0.4, 0.5) is 23.4 Å². The zero-order valence-corrected chi connectivity index (χ0v) is 19.3. The summed E-state index contributed by atoms with van der Waals surface area (Å²) in [5.41, 5.74) is 0.0727. The maximum atomic E-state index is 14.2. The van der Waals surface area contributed by atoms with Gasteiger partial charge in [0.25, 0.3) is 0 Å². The van der Waals surface area contributed by atoms with E-state index in [0.29, 0.717) is 17.0 Å². The number of hydrogen-bond donors (Lipinski definition) is 3. The number of aromatic hydroxyl groups is 1. The highest BCUT2D eigenvalue weighted by atomic mass is 19.4. The Balaban J connectivity index is 1.70. The summed E-state index contributed by atoms with van der Waals surface area (Å²) in [5, 5.41) is 22.3. The lowest BCUT2D eigenvalue weighted by Gasteiger charge is -2.17. The van der Waals surface area contributed by atoms with E-state index in [1.54, 1.807) is 4.57 Å². The Hall–Kier alpha value is -4.29. The fourth-order valence-corrected chi connectivity index (χ4v) is 4.07. The van der Waals surface area contributed by atoms with E-state index in [-0.39, 0.29) is 35.4 Å². The van der Waals surface area contributed by atoms with Crippen LogP contribution in [0.1, 0.15) is 41.5 Å². The molecule has 5 rings (SSSR count). The number of anilines is 1. The first-order valence-electron chi connectivity index (χ1n) is 11.3. The first-order valence-corrected chi connectivity index (χ1v) is 11.3. The van der Waals surface area contributed by atoms with Gasteiger partial charge >= 0.3 is 12.1 Å². The molecule has 0 unspecified atom stereocenters. The van der Waals surface area contributed by atoms with Crippen LogP contribution in [0.5, 0.6) is 5.88 Å². The van der Waals surface area contributed by atoms with Gasteiger partial charge in [0.05, 0.1) is 5.56 Å². The molecule has 0 amide bonds. The summed E-state index contributed by atoms with van der Waals surface area (Å²) >= 11 is 0. The minimum absolute atomic E-state index is 0.00621. The van der Waals surface area contributed by atoms with E-state index in [0.717, 1.165) is 31.0 Å². The molecule has 1 aliphatic carbocycles. The van der Waals surface area contributed by atoms with Crippen molar-refractivity contribution in [3.63, 3.8) is 0 Å². The Kier molecular flexibility index (Phi) is 5.92. The van der Waals surface area contributed by atoms with Crippen molar-refractivity contribution < 1.29 is 32.6 Å². The van der Waals surface area contributed by atoms with E-state index in [4.69, 9.17) is 0 Å². The SMILES string of the molecule is C[C@@H](Nc1nc(C(=O)O)nc2nc(-c3cnc(O)c(F)c3)n(Cc3ccc(C(F)(F)F)cc3)c12)C1CC1. The highest BCUT2D eigenvalue weighted by Gasteiger charge is 2.31. The number of hydrogen-bond acceptors (Lipinski definition) is 7. The third kappa shape index (κ3) is 4.88. The molecule has 1 aromatic carbocycles. The van der Waals surface area contributed by atoms with Crippen molar-refractivity contribution in [3.8, 4) is 17.3 Å². The van der Waals surface area contributed by atoms with Crippen LogP contribution >= 0.6 is 0 Å². The van der Waals surface area contributed by atoms with Crippen LogP contribution in [0.3, 0.4) is 0 Å². The molecule has 0 saturated heterocycles. The van der Waals surface area contributed by atoms with E-state index in [1.807, 2.05) is 6.92 Å². The van der Waals surface area contributed by atoms with Gasteiger partial charge in [-0.2, -0.15) is 13.2 Å². The van der Waals surface area contributed by atoms with Crippen LogP contribution in [0, 0.1) is 11.7 Å². The summed E-state index contributed by atoms with van der Waals surface area (Å²) in [6.45, 7) is 1.91. The Bertz CT molecular complexity index is 1500. The number of aromatic carboxylic acids is 1. The summed E-state index contributed by atoms with van der Waals surface area (Å²) in [5.74, 6) is -3.04. The first-order chi connectivity index (χ1) is 17.5. The quantitative estimate of drug-likeness (QED) is 0.302. The van der Waals surface area contributed by atoms with Crippen molar-refractivity contribution in [1.29, 1.82) is 0 Å². The molecule has 13 heteroatoms. The molecular formula is C24H20F4N6O3. The summed E-state index contributed by atoms with van der Waals surface area (Å²) in [6, 6.07) is 5.46. The fraction of sp³-hybridized carbons (Fsp3) is 0.292. The van der Waals surface area contributed by atoms with Gasteiger partial charge in [-0.05, 0) is 49.4 Å². The van der Waals surface area contributed by atoms with Crippen LogP contribution in [0.15, 0.2) is 36.5 Å². The molecule has 1 atom stereocenters. The number of pyridine rings is 1. The van der Waals surface area contributed by atoms with Gasteiger partial charge in [-0.1, -0.05) is 12.1 Å². The zero-order valence-electron chi connectivity index (χ0n) is 19.3. The maximum absolute atomic E-state index is 14.2. The summed E-state index contributed by atoms with van der Waals surface area (Å²) in [7, 11) is 0. The number of imidazole rings is 1. The molecule has 3 heterocycles. The van der Waals surface area contributed by atoms with Gasteiger partial charge in [0.1, 0.15) is 11.3 Å².